The lowest BCUT2D eigenvalue weighted by atomic mass is 10.2. The van der Waals surface area contributed by atoms with E-state index in [0.29, 0.717) is 0 Å². The molecule has 0 aliphatic heterocycles. The first-order chi connectivity index (χ1) is 7.65. The molecule has 0 spiro atoms. The van der Waals surface area contributed by atoms with Gasteiger partial charge in [0, 0.05) is 7.05 Å². The van der Waals surface area contributed by atoms with Crippen LogP contribution in [0.25, 0.3) is 0 Å². The summed E-state index contributed by atoms with van der Waals surface area (Å²) < 4.78 is 17.3. The number of alkyl halides is 1. The molecule has 16 heavy (non-hydrogen) atoms. The average molecular weight is 225 g/mol. The van der Waals surface area contributed by atoms with Crippen LogP contribution in [0.1, 0.15) is 12.5 Å². The molecule has 0 aliphatic rings. The van der Waals surface area contributed by atoms with Gasteiger partial charge in [-0.15, -0.1) is 0 Å². The highest BCUT2D eigenvalue weighted by molar-refractivity contribution is 5.67. The van der Waals surface area contributed by atoms with Crippen LogP contribution in [0.4, 0.5) is 9.18 Å². The monoisotopic (exact) mass is 225 g/mol. The third kappa shape index (κ3) is 3.53. The molecule has 0 radical (unpaired) electrons. The van der Waals surface area contributed by atoms with Crippen molar-refractivity contribution in [1.82, 2.24) is 4.90 Å². The smallest absolute Gasteiger partial charge is 0.410 e. The zero-order valence-electron chi connectivity index (χ0n) is 9.52. The van der Waals surface area contributed by atoms with E-state index in [2.05, 4.69) is 0 Å². The fourth-order valence-corrected chi connectivity index (χ4v) is 1.10. The number of halogens is 1. The molecule has 1 atom stereocenters. The molecule has 1 rings (SSSR count). The van der Waals surface area contributed by atoms with E-state index in [4.69, 9.17) is 4.74 Å². The van der Waals surface area contributed by atoms with Gasteiger partial charge in [0.1, 0.15) is 13.3 Å². The maximum atomic E-state index is 12.3. The molecule has 0 N–H and O–H groups in total. The standard InChI is InChI=1S/C12H16FNO2/c1-10(8-13)14(2)12(15)16-9-11-6-4-3-5-7-11/h3-7,10H,8-9H2,1-2H3/t10-/m1/s1. The van der Waals surface area contributed by atoms with Gasteiger partial charge in [-0.1, -0.05) is 30.3 Å². The summed E-state index contributed by atoms with van der Waals surface area (Å²) in [5.41, 5.74) is 0.914. The predicted molar refractivity (Wildman–Crippen MR) is 59.8 cm³/mol. The summed E-state index contributed by atoms with van der Waals surface area (Å²) in [5, 5.41) is 0. The normalized spacial score (nSPS) is 11.9. The Hall–Kier alpha value is -1.58. The number of nitrogens with zero attached hydrogens (tertiary/aromatic N) is 1. The molecule has 88 valence electrons. The highest BCUT2D eigenvalue weighted by Crippen LogP contribution is 2.04. The van der Waals surface area contributed by atoms with Crippen LogP contribution in [0.5, 0.6) is 0 Å². The van der Waals surface area contributed by atoms with Crippen LogP contribution in [0.2, 0.25) is 0 Å². The van der Waals surface area contributed by atoms with Crippen LogP contribution < -0.4 is 0 Å². The highest BCUT2D eigenvalue weighted by Gasteiger charge is 2.16. The number of hydrogen-bond acceptors (Lipinski definition) is 2. The molecule has 3 nitrogen and oxygen atoms in total. The van der Waals surface area contributed by atoms with Crippen molar-refractivity contribution in [2.45, 2.75) is 19.6 Å². The SMILES string of the molecule is C[C@H](CF)N(C)C(=O)OCc1ccccc1. The second-order valence-corrected chi connectivity index (χ2v) is 3.65. The van der Waals surface area contributed by atoms with Crippen molar-refractivity contribution in [3.8, 4) is 0 Å². The summed E-state index contributed by atoms with van der Waals surface area (Å²) in [7, 11) is 1.53. The number of carbonyl (C=O) groups excluding carboxylic acids is 1. The molecule has 0 fully saturated rings. The number of carbonyl (C=O) groups is 1. The van der Waals surface area contributed by atoms with Gasteiger partial charge < -0.3 is 9.64 Å². The van der Waals surface area contributed by atoms with Crippen molar-refractivity contribution >= 4 is 6.09 Å². The first-order valence-electron chi connectivity index (χ1n) is 5.14. The third-order valence-electron chi connectivity index (χ3n) is 2.38. The van der Waals surface area contributed by atoms with Crippen LogP contribution in [-0.2, 0) is 11.3 Å². The van der Waals surface area contributed by atoms with Gasteiger partial charge in [0.15, 0.2) is 0 Å². The van der Waals surface area contributed by atoms with Crippen molar-refractivity contribution in [3.05, 3.63) is 35.9 Å². The maximum Gasteiger partial charge on any atom is 0.410 e. The fraction of sp³-hybridized carbons (Fsp3) is 0.417. The van der Waals surface area contributed by atoms with Crippen LogP contribution in [0.3, 0.4) is 0 Å². The second-order valence-electron chi connectivity index (χ2n) is 3.65. The zero-order valence-corrected chi connectivity index (χ0v) is 9.52. The summed E-state index contributed by atoms with van der Waals surface area (Å²) in [6, 6.07) is 8.91. The van der Waals surface area contributed by atoms with E-state index in [0.717, 1.165) is 5.56 Å². The highest BCUT2D eigenvalue weighted by atomic mass is 19.1. The van der Waals surface area contributed by atoms with E-state index >= 15 is 0 Å². The van der Waals surface area contributed by atoms with Crippen molar-refractivity contribution in [1.29, 1.82) is 0 Å². The molecule has 0 heterocycles. The largest absolute Gasteiger partial charge is 0.445 e. The van der Waals surface area contributed by atoms with E-state index in [-0.39, 0.29) is 6.61 Å². The lowest BCUT2D eigenvalue weighted by Gasteiger charge is -2.21. The van der Waals surface area contributed by atoms with Crippen LogP contribution >= 0.6 is 0 Å². The van der Waals surface area contributed by atoms with E-state index in [1.807, 2.05) is 30.3 Å². The number of rotatable bonds is 4. The Kier molecular flexibility index (Phi) is 4.76. The van der Waals surface area contributed by atoms with Crippen molar-refractivity contribution in [3.63, 3.8) is 0 Å². The van der Waals surface area contributed by atoms with Gasteiger partial charge in [0.2, 0.25) is 0 Å². The summed E-state index contributed by atoms with van der Waals surface area (Å²) in [6.45, 7) is 1.27. The molecule has 1 aromatic carbocycles. The summed E-state index contributed by atoms with van der Waals surface area (Å²) >= 11 is 0. The summed E-state index contributed by atoms with van der Waals surface area (Å²) in [4.78, 5) is 12.7. The minimum atomic E-state index is -0.572. The molecule has 0 saturated heterocycles. The van der Waals surface area contributed by atoms with Crippen molar-refractivity contribution in [2.75, 3.05) is 13.7 Å². The molecule has 1 aromatic rings. The predicted octanol–water partition coefficient (Wildman–Crippen LogP) is 2.61. The lowest BCUT2D eigenvalue weighted by Crippen LogP contribution is -2.36. The van der Waals surface area contributed by atoms with Crippen molar-refractivity contribution in [2.24, 2.45) is 0 Å². The topological polar surface area (TPSA) is 29.5 Å². The van der Waals surface area contributed by atoms with E-state index in [1.165, 1.54) is 11.9 Å². The molecule has 0 bridgehead atoms. The quantitative estimate of drug-likeness (QED) is 0.788. The van der Waals surface area contributed by atoms with E-state index in [9.17, 15) is 9.18 Å². The molecule has 0 unspecified atom stereocenters. The zero-order chi connectivity index (χ0) is 12.0. The van der Waals surface area contributed by atoms with Crippen LogP contribution in [0.15, 0.2) is 30.3 Å². The van der Waals surface area contributed by atoms with Crippen molar-refractivity contribution < 1.29 is 13.9 Å². The Labute approximate surface area is 94.8 Å². The molecule has 0 aliphatic carbocycles. The molecule has 1 amide bonds. The Morgan fingerprint density at radius 2 is 2.06 bits per heavy atom. The van der Waals surface area contributed by atoms with Gasteiger partial charge in [-0.3, -0.25) is 0 Å². The van der Waals surface area contributed by atoms with Crippen LogP contribution in [-0.4, -0.2) is 30.8 Å². The molecule has 4 heteroatoms. The van der Waals surface area contributed by atoms with Gasteiger partial charge in [0.05, 0.1) is 6.04 Å². The molecule has 0 saturated carbocycles. The van der Waals surface area contributed by atoms with E-state index in [1.54, 1.807) is 6.92 Å². The van der Waals surface area contributed by atoms with Gasteiger partial charge in [-0.25, -0.2) is 9.18 Å². The first-order valence-corrected chi connectivity index (χ1v) is 5.14. The molecule has 0 aromatic heterocycles. The van der Waals surface area contributed by atoms with Gasteiger partial charge in [0.25, 0.3) is 0 Å². The Balaban J connectivity index is 2.41. The maximum absolute atomic E-state index is 12.3. The minimum Gasteiger partial charge on any atom is -0.445 e. The summed E-state index contributed by atoms with van der Waals surface area (Å²) in [6.07, 6.45) is -0.506. The lowest BCUT2D eigenvalue weighted by molar-refractivity contribution is 0.0889. The second kappa shape index (κ2) is 6.10. The number of ether oxygens (including phenoxy) is 1. The van der Waals surface area contributed by atoms with Gasteiger partial charge >= 0.3 is 6.09 Å². The Bertz CT molecular complexity index is 329. The van der Waals surface area contributed by atoms with E-state index < -0.39 is 18.8 Å². The Morgan fingerprint density at radius 1 is 1.44 bits per heavy atom. The third-order valence-corrected chi connectivity index (χ3v) is 2.38. The fourth-order valence-electron chi connectivity index (χ4n) is 1.10. The minimum absolute atomic E-state index is 0.211. The molecular weight excluding hydrogens is 209 g/mol. The van der Waals surface area contributed by atoms with Gasteiger partial charge in [-0.05, 0) is 12.5 Å². The Morgan fingerprint density at radius 3 is 2.62 bits per heavy atom. The number of amides is 1. The first kappa shape index (κ1) is 12.5. The molecular formula is C12H16FNO2. The van der Waals surface area contributed by atoms with Gasteiger partial charge in [-0.2, -0.15) is 0 Å². The van der Waals surface area contributed by atoms with Crippen LogP contribution in [0, 0.1) is 0 Å². The number of hydrogen-bond donors (Lipinski definition) is 0. The summed E-state index contributed by atoms with van der Waals surface area (Å²) in [5.74, 6) is 0. The average Bonchev–Trinajstić information content (AvgIpc) is 2.35. The number of benzene rings is 1.